The maximum absolute atomic E-state index is 12.8. The molecule has 0 aliphatic carbocycles. The SMILES string of the molecule is COC(=O)c1ccc2c(c1)CCN2C(=O)[C@@H](C)Oc1ccc(C#N)cc1. The molecule has 1 atom stereocenters. The summed E-state index contributed by atoms with van der Waals surface area (Å²) in [6, 6.07) is 13.9. The Morgan fingerprint density at radius 2 is 1.92 bits per heavy atom. The van der Waals surface area contributed by atoms with E-state index in [1.807, 2.05) is 6.07 Å². The van der Waals surface area contributed by atoms with E-state index in [4.69, 9.17) is 14.7 Å². The molecule has 0 fully saturated rings. The molecule has 0 aromatic heterocycles. The van der Waals surface area contributed by atoms with Crippen molar-refractivity contribution in [2.24, 2.45) is 0 Å². The first-order chi connectivity index (χ1) is 12.5. The van der Waals surface area contributed by atoms with Crippen LogP contribution in [0.5, 0.6) is 5.75 Å². The summed E-state index contributed by atoms with van der Waals surface area (Å²) in [5.74, 6) is -0.0145. The number of amides is 1. The van der Waals surface area contributed by atoms with E-state index in [0.29, 0.717) is 29.8 Å². The Hall–Kier alpha value is -3.33. The number of ether oxygens (including phenoxy) is 2. The van der Waals surface area contributed by atoms with Crippen molar-refractivity contribution in [3.05, 3.63) is 59.2 Å². The van der Waals surface area contributed by atoms with Crippen LogP contribution >= 0.6 is 0 Å². The first-order valence-corrected chi connectivity index (χ1v) is 8.23. The minimum absolute atomic E-state index is 0.154. The van der Waals surface area contributed by atoms with Gasteiger partial charge in [-0.25, -0.2) is 4.79 Å². The molecule has 3 rings (SSSR count). The normalized spacial score (nSPS) is 13.5. The summed E-state index contributed by atoms with van der Waals surface area (Å²) in [6.45, 7) is 2.24. The Kier molecular flexibility index (Phi) is 4.90. The molecule has 0 spiro atoms. The lowest BCUT2D eigenvalue weighted by molar-refractivity contribution is -0.124. The number of hydrogen-bond acceptors (Lipinski definition) is 5. The highest BCUT2D eigenvalue weighted by Crippen LogP contribution is 2.30. The van der Waals surface area contributed by atoms with E-state index in [0.717, 1.165) is 11.3 Å². The number of nitrogens with zero attached hydrogens (tertiary/aromatic N) is 2. The molecule has 1 heterocycles. The average Bonchev–Trinajstić information content (AvgIpc) is 3.10. The number of carbonyl (C=O) groups excluding carboxylic acids is 2. The summed E-state index contributed by atoms with van der Waals surface area (Å²) in [7, 11) is 1.34. The molecule has 6 heteroatoms. The van der Waals surface area contributed by atoms with Gasteiger partial charge in [0.05, 0.1) is 24.3 Å². The second-order valence-corrected chi connectivity index (χ2v) is 5.97. The fraction of sp³-hybridized carbons (Fsp3) is 0.250. The van der Waals surface area contributed by atoms with Crippen LogP contribution in [0.2, 0.25) is 0 Å². The predicted molar refractivity (Wildman–Crippen MR) is 95.1 cm³/mol. The van der Waals surface area contributed by atoms with Gasteiger partial charge in [-0.15, -0.1) is 0 Å². The first-order valence-electron chi connectivity index (χ1n) is 8.23. The molecule has 0 saturated heterocycles. The maximum Gasteiger partial charge on any atom is 0.337 e. The van der Waals surface area contributed by atoms with Crippen molar-refractivity contribution >= 4 is 17.6 Å². The summed E-state index contributed by atoms with van der Waals surface area (Å²) in [4.78, 5) is 26.1. The minimum atomic E-state index is -0.672. The lowest BCUT2D eigenvalue weighted by atomic mass is 10.1. The highest BCUT2D eigenvalue weighted by atomic mass is 16.5. The Labute approximate surface area is 151 Å². The number of anilines is 1. The number of esters is 1. The third-order valence-corrected chi connectivity index (χ3v) is 4.31. The van der Waals surface area contributed by atoms with Crippen LogP contribution in [-0.2, 0) is 16.0 Å². The number of nitriles is 1. The third-order valence-electron chi connectivity index (χ3n) is 4.31. The van der Waals surface area contributed by atoms with Crippen molar-refractivity contribution in [1.29, 1.82) is 5.26 Å². The molecular weight excluding hydrogens is 332 g/mol. The average molecular weight is 350 g/mol. The number of rotatable bonds is 4. The molecule has 2 aromatic rings. The van der Waals surface area contributed by atoms with Gasteiger partial charge < -0.3 is 14.4 Å². The molecule has 6 nitrogen and oxygen atoms in total. The molecule has 1 amide bonds. The zero-order valence-corrected chi connectivity index (χ0v) is 14.6. The summed E-state index contributed by atoms with van der Waals surface area (Å²) < 4.78 is 10.4. The molecular formula is C20H18N2O4. The predicted octanol–water partition coefficient (Wildman–Crippen LogP) is 2.70. The van der Waals surface area contributed by atoms with E-state index in [1.165, 1.54) is 7.11 Å². The fourth-order valence-electron chi connectivity index (χ4n) is 2.96. The van der Waals surface area contributed by atoms with Gasteiger partial charge in [0.1, 0.15) is 5.75 Å². The topological polar surface area (TPSA) is 79.6 Å². The molecule has 26 heavy (non-hydrogen) atoms. The van der Waals surface area contributed by atoms with Crippen LogP contribution < -0.4 is 9.64 Å². The molecule has 132 valence electrons. The Morgan fingerprint density at radius 3 is 2.58 bits per heavy atom. The van der Waals surface area contributed by atoms with Crippen molar-refractivity contribution < 1.29 is 19.1 Å². The van der Waals surface area contributed by atoms with Gasteiger partial charge >= 0.3 is 5.97 Å². The van der Waals surface area contributed by atoms with Gasteiger partial charge in [0, 0.05) is 12.2 Å². The largest absolute Gasteiger partial charge is 0.481 e. The molecule has 2 aromatic carbocycles. The molecule has 0 saturated carbocycles. The first kappa shape index (κ1) is 17.5. The van der Waals surface area contributed by atoms with Crippen molar-refractivity contribution in [3.63, 3.8) is 0 Å². The van der Waals surface area contributed by atoms with Gasteiger partial charge in [0.25, 0.3) is 5.91 Å². The molecule has 0 bridgehead atoms. The number of carbonyl (C=O) groups is 2. The van der Waals surface area contributed by atoms with E-state index in [1.54, 1.807) is 54.3 Å². The van der Waals surface area contributed by atoms with Crippen LogP contribution in [0.4, 0.5) is 5.69 Å². The van der Waals surface area contributed by atoms with Gasteiger partial charge in [-0.3, -0.25) is 4.79 Å². The van der Waals surface area contributed by atoms with Crippen LogP contribution in [0.1, 0.15) is 28.4 Å². The smallest absolute Gasteiger partial charge is 0.337 e. The summed E-state index contributed by atoms with van der Waals surface area (Å²) in [5.41, 5.74) is 2.73. The highest BCUT2D eigenvalue weighted by Gasteiger charge is 2.29. The Balaban J connectivity index is 1.73. The standard InChI is InChI=1S/C20H18N2O4/c1-13(26-17-6-3-14(12-21)4-7-17)19(23)22-10-9-15-11-16(20(24)25-2)5-8-18(15)22/h3-8,11,13H,9-10H2,1-2H3/t13-/m1/s1. The van der Waals surface area contributed by atoms with Crippen LogP contribution in [0.15, 0.2) is 42.5 Å². The second-order valence-electron chi connectivity index (χ2n) is 5.97. The van der Waals surface area contributed by atoms with E-state index in [9.17, 15) is 9.59 Å². The summed E-state index contributed by atoms with van der Waals surface area (Å²) in [6.07, 6.45) is 0.00402. The van der Waals surface area contributed by atoms with Crippen molar-refractivity contribution in [1.82, 2.24) is 0 Å². The Morgan fingerprint density at radius 1 is 1.19 bits per heavy atom. The van der Waals surface area contributed by atoms with Gasteiger partial charge in [-0.1, -0.05) is 0 Å². The maximum atomic E-state index is 12.8. The lowest BCUT2D eigenvalue weighted by Crippen LogP contribution is -2.39. The zero-order chi connectivity index (χ0) is 18.7. The molecule has 0 N–H and O–H groups in total. The third kappa shape index (κ3) is 3.38. The molecule has 0 radical (unpaired) electrons. The van der Waals surface area contributed by atoms with Crippen LogP contribution in [0.3, 0.4) is 0 Å². The number of benzene rings is 2. The van der Waals surface area contributed by atoms with E-state index in [-0.39, 0.29) is 5.91 Å². The van der Waals surface area contributed by atoms with Crippen LogP contribution in [-0.4, -0.2) is 31.6 Å². The lowest BCUT2D eigenvalue weighted by Gasteiger charge is -2.22. The highest BCUT2D eigenvalue weighted by molar-refractivity contribution is 5.99. The number of fused-ring (bicyclic) bond motifs is 1. The summed E-state index contributed by atoms with van der Waals surface area (Å²) >= 11 is 0. The summed E-state index contributed by atoms with van der Waals surface area (Å²) in [5, 5.41) is 8.82. The minimum Gasteiger partial charge on any atom is -0.481 e. The van der Waals surface area contributed by atoms with Gasteiger partial charge in [0.2, 0.25) is 0 Å². The molecule has 1 aliphatic rings. The van der Waals surface area contributed by atoms with Gasteiger partial charge in [-0.05, 0) is 61.4 Å². The monoisotopic (exact) mass is 350 g/mol. The number of methoxy groups -OCH3 is 1. The second kappa shape index (κ2) is 7.28. The molecule has 1 aliphatic heterocycles. The molecule has 0 unspecified atom stereocenters. The van der Waals surface area contributed by atoms with E-state index in [2.05, 4.69) is 0 Å². The van der Waals surface area contributed by atoms with Crippen molar-refractivity contribution in [2.45, 2.75) is 19.4 Å². The van der Waals surface area contributed by atoms with Crippen molar-refractivity contribution in [3.8, 4) is 11.8 Å². The van der Waals surface area contributed by atoms with Gasteiger partial charge in [0.15, 0.2) is 6.10 Å². The fourth-order valence-corrected chi connectivity index (χ4v) is 2.96. The van der Waals surface area contributed by atoms with E-state index < -0.39 is 12.1 Å². The zero-order valence-electron chi connectivity index (χ0n) is 14.6. The van der Waals surface area contributed by atoms with Crippen LogP contribution in [0, 0.1) is 11.3 Å². The van der Waals surface area contributed by atoms with Crippen molar-refractivity contribution in [2.75, 3.05) is 18.6 Å². The van der Waals surface area contributed by atoms with E-state index >= 15 is 0 Å². The quantitative estimate of drug-likeness (QED) is 0.792. The van der Waals surface area contributed by atoms with Crippen LogP contribution in [0.25, 0.3) is 0 Å². The Bertz CT molecular complexity index is 884. The van der Waals surface area contributed by atoms with Gasteiger partial charge in [-0.2, -0.15) is 5.26 Å². The number of hydrogen-bond donors (Lipinski definition) is 0.